The lowest BCUT2D eigenvalue weighted by Crippen LogP contribution is -2.41. The van der Waals surface area contributed by atoms with Gasteiger partial charge >= 0.3 is 5.97 Å². The van der Waals surface area contributed by atoms with Crippen molar-refractivity contribution < 1.29 is 24.4 Å². The van der Waals surface area contributed by atoms with Gasteiger partial charge in [0, 0.05) is 59.0 Å². The smallest absolute Gasteiger partial charge is 0.304 e. The number of anilines is 1. The van der Waals surface area contributed by atoms with Crippen molar-refractivity contribution in [3.63, 3.8) is 0 Å². The molecule has 4 rings (SSSR count). The molecule has 12 heteroatoms. The normalized spacial score (nSPS) is 14.4. The van der Waals surface area contributed by atoms with Crippen LogP contribution in [0.15, 0.2) is 92.1 Å². The number of carboxylic acids is 2. The number of aliphatic carboxylic acids is 2. The third-order valence-electron chi connectivity index (χ3n) is 7.12. The highest BCUT2D eigenvalue weighted by atomic mass is 32.2. The molecule has 0 unspecified atom stereocenters. The molecule has 1 aromatic heterocycles. The second kappa shape index (κ2) is 18.4. The van der Waals surface area contributed by atoms with Crippen molar-refractivity contribution in [2.45, 2.75) is 41.0 Å². The largest absolute Gasteiger partial charge is 0.550 e. The highest BCUT2D eigenvalue weighted by Crippen LogP contribution is 2.47. The molecule has 0 amide bonds. The molecule has 8 nitrogen and oxygen atoms in total. The topological polar surface area (TPSA) is 109 Å². The maximum Gasteiger partial charge on any atom is 0.304 e. The molecule has 0 radical (unpaired) electrons. The number of nitrogens with zero attached hydrogens (tertiary/aromatic N) is 2. The summed E-state index contributed by atoms with van der Waals surface area (Å²) in [4.78, 5) is 27.5. The van der Waals surface area contributed by atoms with Gasteiger partial charge in [-0.05, 0) is 62.3 Å². The highest BCUT2D eigenvalue weighted by molar-refractivity contribution is 8.03. The van der Waals surface area contributed by atoms with Crippen LogP contribution >= 0.6 is 46.6 Å². The summed E-state index contributed by atoms with van der Waals surface area (Å²) in [5, 5.41) is 28.4. The number of hydrogen-bond acceptors (Lipinski definition) is 10. The molecule has 1 aliphatic heterocycles. The Balaban J connectivity index is 1.45. The lowest BCUT2D eigenvalue weighted by atomic mass is 10.2. The molecule has 46 heavy (non-hydrogen) atoms. The van der Waals surface area contributed by atoms with Crippen LogP contribution < -0.4 is 25.2 Å². The van der Waals surface area contributed by atoms with E-state index in [4.69, 9.17) is 5.11 Å². The van der Waals surface area contributed by atoms with Gasteiger partial charge in [0.1, 0.15) is 4.70 Å². The Morgan fingerprint density at radius 2 is 1.74 bits per heavy atom. The van der Waals surface area contributed by atoms with Crippen LogP contribution in [0.1, 0.15) is 24.8 Å². The van der Waals surface area contributed by atoms with Crippen molar-refractivity contribution in [1.82, 2.24) is 10.6 Å². The molecule has 3 N–H and O–H groups in total. The number of hydrogen-bond donors (Lipinski definition) is 3. The van der Waals surface area contributed by atoms with Gasteiger partial charge in [0.25, 0.3) is 5.01 Å². The van der Waals surface area contributed by atoms with Crippen molar-refractivity contribution in [1.29, 1.82) is 0 Å². The molecule has 0 fully saturated rings. The summed E-state index contributed by atoms with van der Waals surface area (Å²) in [6.45, 7) is 5.74. The summed E-state index contributed by atoms with van der Waals surface area (Å²) < 4.78 is 3.49. The van der Waals surface area contributed by atoms with Crippen molar-refractivity contribution in [3.05, 3.63) is 82.4 Å². The predicted octanol–water partition coefficient (Wildman–Crippen LogP) is 5.40. The first kappa shape index (κ1) is 35.8. The van der Waals surface area contributed by atoms with Crippen LogP contribution in [-0.2, 0) is 16.1 Å². The Bertz CT molecular complexity index is 1650. The molecule has 244 valence electrons. The zero-order chi connectivity index (χ0) is 32.9. The number of fused-ring (bicyclic) bond motifs is 2. The van der Waals surface area contributed by atoms with Gasteiger partial charge in [-0.25, -0.2) is 0 Å². The van der Waals surface area contributed by atoms with Gasteiger partial charge in [0.15, 0.2) is 6.54 Å². The Morgan fingerprint density at radius 1 is 1.00 bits per heavy atom. The fourth-order valence-corrected chi connectivity index (χ4v) is 7.79. The minimum atomic E-state index is -1.04. The number of thiazole rings is 1. The number of carboxylic acid groups (broad SMARTS) is 2. The number of benzene rings is 2. The van der Waals surface area contributed by atoms with E-state index in [-0.39, 0.29) is 12.8 Å². The van der Waals surface area contributed by atoms with Gasteiger partial charge in [-0.3, -0.25) is 4.79 Å². The molecule has 2 heterocycles. The minimum absolute atomic E-state index is 0.00110. The number of carbonyl (C=O) groups excluding carboxylic acids is 1. The maximum absolute atomic E-state index is 10.9. The van der Waals surface area contributed by atoms with Crippen LogP contribution in [0.25, 0.3) is 16.3 Å². The van der Waals surface area contributed by atoms with E-state index in [9.17, 15) is 14.7 Å². The van der Waals surface area contributed by atoms with E-state index in [0.29, 0.717) is 26.2 Å². The summed E-state index contributed by atoms with van der Waals surface area (Å²) in [5.74, 6) is -1.84. The van der Waals surface area contributed by atoms with Crippen molar-refractivity contribution >= 4 is 80.5 Å². The summed E-state index contributed by atoms with van der Waals surface area (Å²) in [6, 6.07) is 13.1. The Kier molecular flexibility index (Phi) is 14.3. The monoisotopic (exact) mass is 696 g/mol. The first-order valence-corrected chi connectivity index (χ1v) is 19.1. The van der Waals surface area contributed by atoms with E-state index in [2.05, 4.69) is 112 Å². The second-order valence-electron chi connectivity index (χ2n) is 10.4. The van der Waals surface area contributed by atoms with Gasteiger partial charge in [0.2, 0.25) is 5.52 Å². The predicted molar refractivity (Wildman–Crippen MR) is 193 cm³/mol. The van der Waals surface area contributed by atoms with Gasteiger partial charge in [0.05, 0.1) is 23.7 Å². The zero-order valence-corrected chi connectivity index (χ0v) is 29.6. The first-order valence-electron chi connectivity index (χ1n) is 15.0. The van der Waals surface area contributed by atoms with E-state index in [1.54, 1.807) is 46.6 Å². The number of nitrogens with one attached hydrogen (secondary N) is 2. The summed E-state index contributed by atoms with van der Waals surface area (Å²) in [7, 11) is 0. The van der Waals surface area contributed by atoms with E-state index < -0.39 is 11.9 Å². The molecule has 0 bridgehead atoms. The zero-order valence-electron chi connectivity index (χ0n) is 26.3. The number of allylic oxidation sites excluding steroid dienone is 6. The van der Waals surface area contributed by atoms with Gasteiger partial charge in [-0.15, -0.1) is 23.5 Å². The van der Waals surface area contributed by atoms with Gasteiger partial charge < -0.3 is 30.5 Å². The van der Waals surface area contributed by atoms with Gasteiger partial charge in [-0.1, -0.05) is 53.0 Å². The average Bonchev–Trinajstić information content (AvgIpc) is 3.56. The van der Waals surface area contributed by atoms with Crippen LogP contribution in [0.2, 0.25) is 0 Å². The SMILES string of the molecule is CSc1ccc2c(c1)N(CCNCCC(=O)O)/C(=C/C=C/C(C)=C/C=C/c1sc3ccc(SC)cc3[n+]1CCNCCC(=O)[O-])S2. The quantitative estimate of drug-likeness (QED) is 0.0693. The van der Waals surface area contributed by atoms with Crippen LogP contribution in [0, 0.1) is 0 Å². The number of rotatable bonds is 18. The van der Waals surface area contributed by atoms with E-state index in [1.807, 2.05) is 0 Å². The molecular formula is C34H40N4O4S4. The molecule has 0 atom stereocenters. The number of thioether (sulfide) groups is 3. The first-order chi connectivity index (χ1) is 22.3. The Hall–Kier alpha value is -3.00. The lowest BCUT2D eigenvalue weighted by molar-refractivity contribution is -0.666. The van der Waals surface area contributed by atoms with E-state index in [0.717, 1.165) is 28.7 Å². The molecule has 1 aliphatic rings. The third-order valence-corrected chi connectivity index (χ3v) is 10.8. The highest BCUT2D eigenvalue weighted by Gasteiger charge is 2.25. The second-order valence-corrected chi connectivity index (χ2v) is 14.3. The van der Waals surface area contributed by atoms with Crippen LogP contribution in [0.3, 0.4) is 0 Å². The van der Waals surface area contributed by atoms with Crippen LogP contribution in [-0.4, -0.2) is 62.3 Å². The van der Waals surface area contributed by atoms with Crippen molar-refractivity contribution in [2.24, 2.45) is 0 Å². The molecule has 3 aromatic rings. The number of carbonyl (C=O) groups is 2. The summed E-state index contributed by atoms with van der Waals surface area (Å²) in [6.07, 6.45) is 16.9. The third kappa shape index (κ3) is 10.5. The van der Waals surface area contributed by atoms with E-state index in [1.165, 1.54) is 30.6 Å². The molecule has 0 saturated heterocycles. The summed E-state index contributed by atoms with van der Waals surface area (Å²) in [5.41, 5.74) is 3.47. The molecule has 0 aliphatic carbocycles. The molecule has 0 spiro atoms. The fraction of sp³-hybridized carbons (Fsp3) is 0.324. The van der Waals surface area contributed by atoms with Crippen molar-refractivity contribution in [2.75, 3.05) is 50.1 Å². The fourth-order valence-electron chi connectivity index (χ4n) is 4.76. The van der Waals surface area contributed by atoms with E-state index >= 15 is 0 Å². The van der Waals surface area contributed by atoms with Crippen LogP contribution in [0.4, 0.5) is 5.69 Å². The van der Waals surface area contributed by atoms with Crippen molar-refractivity contribution in [3.8, 4) is 0 Å². The Labute approximate surface area is 287 Å². The lowest BCUT2D eigenvalue weighted by Gasteiger charge is -2.21. The molecule has 0 saturated carbocycles. The number of aromatic nitrogens is 1. The maximum atomic E-state index is 10.9. The Morgan fingerprint density at radius 3 is 2.50 bits per heavy atom. The summed E-state index contributed by atoms with van der Waals surface area (Å²) >= 11 is 6.92. The molecule has 2 aromatic carbocycles. The average molecular weight is 697 g/mol. The van der Waals surface area contributed by atoms with Gasteiger partial charge in [-0.2, -0.15) is 4.57 Å². The van der Waals surface area contributed by atoms with Crippen LogP contribution in [0.5, 0.6) is 0 Å². The standard InChI is InChI=1S/C34H40N4O4S4/c1-24(6-4-8-31-37(20-18-35-16-14-33(39)40)27-22-25(43-2)10-12-29(27)45-31)7-5-9-32-38(21-19-36-17-15-34(41)42)28-23-26(44-3)11-13-30(28)46-32/h4-13,22-23,35-36H,14-21H2,1-3H3,(H-,39,40,41,42). The minimum Gasteiger partial charge on any atom is -0.550 e. The molecular weight excluding hydrogens is 657 g/mol.